The van der Waals surface area contributed by atoms with Gasteiger partial charge in [0, 0.05) is 24.5 Å². The zero-order valence-corrected chi connectivity index (χ0v) is 18.1. The molecule has 1 aliphatic heterocycles. The number of H-pyrrole nitrogens is 1. The van der Waals surface area contributed by atoms with Crippen molar-refractivity contribution in [1.82, 2.24) is 19.6 Å². The maximum atomic E-state index is 13.0. The second kappa shape index (κ2) is 7.55. The van der Waals surface area contributed by atoms with Gasteiger partial charge in [0.15, 0.2) is 5.76 Å². The van der Waals surface area contributed by atoms with Crippen LogP contribution in [0.1, 0.15) is 55.9 Å². The standard InChI is InChI=1S/C21H26N4O4S/c1-21(2,3)24-30(27,28)18-11-10-17(29-18)20(26)25-12-6-7-14(13-25)19-22-15-8-4-5-9-16(15)23-19/h4-5,8-11,14,24H,6-7,12-13H2,1-3H3,(H,22,23). The predicted molar refractivity (Wildman–Crippen MR) is 113 cm³/mol. The first kappa shape index (κ1) is 20.6. The summed E-state index contributed by atoms with van der Waals surface area (Å²) in [6.07, 6.45) is 1.77. The summed E-state index contributed by atoms with van der Waals surface area (Å²) in [6.45, 7) is 6.32. The van der Waals surface area contributed by atoms with Crippen molar-refractivity contribution >= 4 is 27.0 Å². The fourth-order valence-corrected chi connectivity index (χ4v) is 5.09. The van der Waals surface area contributed by atoms with E-state index in [0.717, 1.165) is 29.7 Å². The van der Waals surface area contributed by atoms with E-state index in [-0.39, 0.29) is 22.7 Å². The number of amides is 1. The molecule has 2 aromatic heterocycles. The highest BCUT2D eigenvalue weighted by Crippen LogP contribution is 2.28. The zero-order valence-electron chi connectivity index (χ0n) is 17.3. The molecule has 0 radical (unpaired) electrons. The molecule has 2 N–H and O–H groups in total. The van der Waals surface area contributed by atoms with E-state index in [1.54, 1.807) is 25.7 Å². The Morgan fingerprint density at radius 2 is 2.00 bits per heavy atom. The molecular formula is C21H26N4O4S. The topological polar surface area (TPSA) is 108 Å². The number of likely N-dealkylation sites (tertiary alicyclic amines) is 1. The van der Waals surface area contributed by atoms with Gasteiger partial charge in [-0.2, -0.15) is 0 Å². The maximum Gasteiger partial charge on any atom is 0.289 e. The monoisotopic (exact) mass is 430 g/mol. The van der Waals surface area contributed by atoms with E-state index in [0.29, 0.717) is 13.1 Å². The molecule has 1 atom stereocenters. The third-order valence-corrected chi connectivity index (χ3v) is 6.63. The minimum atomic E-state index is -3.83. The average molecular weight is 431 g/mol. The molecule has 8 nitrogen and oxygen atoms in total. The van der Waals surface area contributed by atoms with E-state index in [2.05, 4.69) is 14.7 Å². The second-order valence-corrected chi connectivity index (χ2v) is 10.3. The highest BCUT2D eigenvalue weighted by Gasteiger charge is 2.31. The number of nitrogens with one attached hydrogen (secondary N) is 2. The quantitative estimate of drug-likeness (QED) is 0.660. The van der Waals surface area contributed by atoms with Gasteiger partial charge >= 0.3 is 0 Å². The number of sulfonamides is 1. The Kier molecular flexibility index (Phi) is 5.19. The number of furan rings is 1. The summed E-state index contributed by atoms with van der Waals surface area (Å²) in [4.78, 5) is 22.7. The van der Waals surface area contributed by atoms with Crippen LogP contribution in [0.5, 0.6) is 0 Å². The van der Waals surface area contributed by atoms with Crippen molar-refractivity contribution < 1.29 is 17.6 Å². The summed E-state index contributed by atoms with van der Waals surface area (Å²) in [6, 6.07) is 10.6. The molecule has 0 saturated carbocycles. The van der Waals surface area contributed by atoms with E-state index < -0.39 is 15.6 Å². The number of nitrogens with zero attached hydrogens (tertiary/aromatic N) is 2. The number of benzene rings is 1. The molecule has 9 heteroatoms. The number of piperidine rings is 1. The van der Waals surface area contributed by atoms with Gasteiger partial charge in [-0.3, -0.25) is 4.79 Å². The summed E-state index contributed by atoms with van der Waals surface area (Å²) in [5.74, 6) is 0.671. The van der Waals surface area contributed by atoms with Crippen molar-refractivity contribution in [2.24, 2.45) is 0 Å². The largest absolute Gasteiger partial charge is 0.438 e. The van der Waals surface area contributed by atoms with Gasteiger partial charge in [0.25, 0.3) is 15.9 Å². The van der Waals surface area contributed by atoms with Crippen LogP contribution in [0.25, 0.3) is 11.0 Å². The number of hydrogen-bond donors (Lipinski definition) is 2. The molecule has 1 amide bonds. The number of para-hydroxylation sites is 2. The Morgan fingerprint density at radius 3 is 2.73 bits per heavy atom. The fraction of sp³-hybridized carbons (Fsp3) is 0.429. The molecule has 4 rings (SSSR count). The lowest BCUT2D eigenvalue weighted by Gasteiger charge is -2.31. The number of carbonyl (C=O) groups is 1. The Bertz CT molecular complexity index is 1140. The van der Waals surface area contributed by atoms with Crippen LogP contribution in [0.3, 0.4) is 0 Å². The Labute approximate surface area is 175 Å². The van der Waals surface area contributed by atoms with Crippen molar-refractivity contribution in [1.29, 1.82) is 0 Å². The molecule has 160 valence electrons. The van der Waals surface area contributed by atoms with E-state index in [4.69, 9.17) is 4.42 Å². The molecule has 1 saturated heterocycles. The Balaban J connectivity index is 1.50. The van der Waals surface area contributed by atoms with E-state index in [1.807, 2.05) is 24.3 Å². The van der Waals surface area contributed by atoms with Gasteiger partial charge in [-0.25, -0.2) is 18.1 Å². The molecule has 30 heavy (non-hydrogen) atoms. The van der Waals surface area contributed by atoms with Gasteiger partial charge in [0.05, 0.1) is 11.0 Å². The van der Waals surface area contributed by atoms with Gasteiger partial charge < -0.3 is 14.3 Å². The molecule has 0 bridgehead atoms. The molecule has 1 fully saturated rings. The number of fused-ring (bicyclic) bond motifs is 1. The van der Waals surface area contributed by atoms with Crippen molar-refractivity contribution in [3.05, 3.63) is 48.0 Å². The molecular weight excluding hydrogens is 404 g/mol. The second-order valence-electron chi connectivity index (χ2n) is 8.70. The maximum absolute atomic E-state index is 13.0. The normalized spacial score (nSPS) is 18.1. The van der Waals surface area contributed by atoms with Crippen LogP contribution in [0.2, 0.25) is 0 Å². The van der Waals surface area contributed by atoms with Crippen LogP contribution in [-0.4, -0.2) is 47.8 Å². The number of carbonyl (C=O) groups excluding carboxylic acids is 1. The summed E-state index contributed by atoms with van der Waals surface area (Å²) in [5.41, 5.74) is 1.23. The van der Waals surface area contributed by atoms with Gasteiger partial charge in [-0.1, -0.05) is 12.1 Å². The summed E-state index contributed by atoms with van der Waals surface area (Å²) < 4.78 is 32.8. The van der Waals surface area contributed by atoms with Crippen molar-refractivity contribution in [3.8, 4) is 0 Å². The highest BCUT2D eigenvalue weighted by atomic mass is 32.2. The van der Waals surface area contributed by atoms with Gasteiger partial charge in [-0.15, -0.1) is 0 Å². The summed E-state index contributed by atoms with van der Waals surface area (Å²) >= 11 is 0. The Morgan fingerprint density at radius 1 is 1.23 bits per heavy atom. The molecule has 1 aliphatic rings. The smallest absolute Gasteiger partial charge is 0.289 e. The van der Waals surface area contributed by atoms with E-state index >= 15 is 0 Å². The number of aromatic amines is 1. The SMILES string of the molecule is CC(C)(C)NS(=O)(=O)c1ccc(C(=O)N2CCCC(c3nc4ccccc4[nH]3)C2)o1. The number of hydrogen-bond acceptors (Lipinski definition) is 5. The van der Waals surface area contributed by atoms with Crippen LogP contribution < -0.4 is 4.72 Å². The van der Waals surface area contributed by atoms with Crippen LogP contribution >= 0.6 is 0 Å². The molecule has 0 aliphatic carbocycles. The third kappa shape index (κ3) is 4.27. The van der Waals surface area contributed by atoms with Crippen LogP contribution in [0.4, 0.5) is 0 Å². The van der Waals surface area contributed by atoms with Gasteiger partial charge in [0.1, 0.15) is 5.82 Å². The lowest BCUT2D eigenvalue weighted by molar-refractivity contribution is 0.0667. The fourth-order valence-electron chi connectivity index (χ4n) is 3.74. The third-order valence-electron chi connectivity index (χ3n) is 5.00. The average Bonchev–Trinajstić information content (AvgIpc) is 3.33. The lowest BCUT2D eigenvalue weighted by atomic mass is 9.97. The zero-order chi connectivity index (χ0) is 21.5. The van der Waals surface area contributed by atoms with Crippen LogP contribution in [0.15, 0.2) is 45.9 Å². The summed E-state index contributed by atoms with van der Waals surface area (Å²) in [5, 5.41) is -0.258. The van der Waals surface area contributed by atoms with Gasteiger partial charge in [0.2, 0.25) is 5.09 Å². The molecule has 1 aromatic carbocycles. The number of imidazole rings is 1. The van der Waals surface area contributed by atoms with Crippen molar-refractivity contribution in [3.63, 3.8) is 0 Å². The number of rotatable bonds is 4. The van der Waals surface area contributed by atoms with Crippen LogP contribution in [0, 0.1) is 0 Å². The lowest BCUT2D eigenvalue weighted by Crippen LogP contribution is -2.40. The van der Waals surface area contributed by atoms with Crippen LogP contribution in [-0.2, 0) is 10.0 Å². The first-order valence-corrected chi connectivity index (χ1v) is 11.5. The summed E-state index contributed by atoms with van der Waals surface area (Å²) in [7, 11) is -3.83. The Hall–Kier alpha value is -2.65. The van der Waals surface area contributed by atoms with Crippen molar-refractivity contribution in [2.75, 3.05) is 13.1 Å². The molecule has 1 unspecified atom stereocenters. The predicted octanol–water partition coefficient (Wildman–Crippen LogP) is 3.25. The molecule has 3 aromatic rings. The van der Waals surface area contributed by atoms with E-state index in [1.165, 1.54) is 12.1 Å². The highest BCUT2D eigenvalue weighted by molar-refractivity contribution is 7.89. The minimum absolute atomic E-state index is 0.0227. The minimum Gasteiger partial charge on any atom is -0.438 e. The first-order chi connectivity index (χ1) is 14.1. The van der Waals surface area contributed by atoms with E-state index in [9.17, 15) is 13.2 Å². The van der Waals surface area contributed by atoms with Crippen molar-refractivity contribution in [2.45, 2.75) is 50.2 Å². The molecule has 3 heterocycles. The number of aromatic nitrogens is 2. The first-order valence-electron chi connectivity index (χ1n) is 10.0. The van der Waals surface area contributed by atoms with Gasteiger partial charge in [-0.05, 0) is 57.9 Å². The molecule has 0 spiro atoms.